The van der Waals surface area contributed by atoms with Crippen molar-refractivity contribution < 1.29 is 14.7 Å². The zero-order valence-corrected chi connectivity index (χ0v) is 11.8. The Hall–Kier alpha value is -2.85. The summed E-state index contributed by atoms with van der Waals surface area (Å²) in [4.78, 5) is 22.9. The third kappa shape index (κ3) is 3.38. The van der Waals surface area contributed by atoms with Crippen LogP contribution in [0.15, 0.2) is 29.6 Å². The third-order valence-electron chi connectivity index (χ3n) is 2.74. The summed E-state index contributed by atoms with van der Waals surface area (Å²) in [7, 11) is 0. The Labute approximate surface area is 124 Å². The fourth-order valence-corrected chi connectivity index (χ4v) is 2.43. The van der Waals surface area contributed by atoms with Gasteiger partial charge in [-0.1, -0.05) is 6.07 Å². The maximum absolute atomic E-state index is 11.9. The quantitative estimate of drug-likeness (QED) is 0.809. The summed E-state index contributed by atoms with van der Waals surface area (Å²) < 4.78 is 0. The molecule has 6 nitrogen and oxygen atoms in total. The lowest BCUT2D eigenvalue weighted by molar-refractivity contribution is 0.0698. The summed E-state index contributed by atoms with van der Waals surface area (Å²) >= 11 is 1.12. The Morgan fingerprint density at radius 1 is 1.29 bits per heavy atom. The maximum Gasteiger partial charge on any atom is 0.338 e. The SMILES string of the molecule is Cc1ccc(C#N)cc1NC(=O)Nc1sccc1C(=O)O. The molecular weight excluding hydrogens is 290 g/mol. The van der Waals surface area contributed by atoms with Crippen molar-refractivity contribution in [2.75, 3.05) is 10.6 Å². The normalized spacial score (nSPS) is 9.71. The number of nitriles is 1. The van der Waals surface area contributed by atoms with Crippen molar-refractivity contribution in [2.45, 2.75) is 6.92 Å². The molecule has 106 valence electrons. The maximum atomic E-state index is 11.9. The van der Waals surface area contributed by atoms with Crippen LogP contribution in [0.2, 0.25) is 0 Å². The molecule has 0 saturated heterocycles. The summed E-state index contributed by atoms with van der Waals surface area (Å²) in [6.45, 7) is 1.80. The largest absolute Gasteiger partial charge is 0.478 e. The molecule has 2 rings (SSSR count). The molecule has 1 aromatic carbocycles. The number of carboxylic acids is 1. The van der Waals surface area contributed by atoms with Gasteiger partial charge in [-0.2, -0.15) is 5.26 Å². The van der Waals surface area contributed by atoms with Gasteiger partial charge in [-0.25, -0.2) is 9.59 Å². The molecule has 1 heterocycles. The summed E-state index contributed by atoms with van der Waals surface area (Å²) in [5.41, 5.74) is 1.77. The van der Waals surface area contributed by atoms with Crippen molar-refractivity contribution in [2.24, 2.45) is 0 Å². The monoisotopic (exact) mass is 301 g/mol. The van der Waals surface area contributed by atoms with Gasteiger partial charge >= 0.3 is 12.0 Å². The minimum Gasteiger partial charge on any atom is -0.478 e. The van der Waals surface area contributed by atoms with Gasteiger partial charge in [0.1, 0.15) is 5.00 Å². The number of hydrogen-bond acceptors (Lipinski definition) is 4. The first-order valence-electron chi connectivity index (χ1n) is 5.91. The van der Waals surface area contributed by atoms with E-state index in [2.05, 4.69) is 10.6 Å². The van der Waals surface area contributed by atoms with Crippen molar-refractivity contribution >= 4 is 34.0 Å². The predicted octanol–water partition coefficient (Wildman–Crippen LogP) is 3.27. The van der Waals surface area contributed by atoms with Gasteiger partial charge in [0.15, 0.2) is 0 Å². The van der Waals surface area contributed by atoms with E-state index in [1.165, 1.54) is 6.07 Å². The number of carboxylic acid groups (broad SMARTS) is 1. The Morgan fingerprint density at radius 2 is 2.05 bits per heavy atom. The molecule has 0 radical (unpaired) electrons. The second-order valence-corrected chi connectivity index (χ2v) is 5.11. The van der Waals surface area contributed by atoms with Crippen LogP contribution in [0.5, 0.6) is 0 Å². The first kappa shape index (κ1) is 14.6. The molecule has 1 aromatic heterocycles. The number of nitrogens with one attached hydrogen (secondary N) is 2. The number of aromatic carboxylic acids is 1. The van der Waals surface area contributed by atoms with Crippen LogP contribution in [-0.2, 0) is 0 Å². The van der Waals surface area contributed by atoms with Gasteiger partial charge < -0.3 is 10.4 Å². The predicted molar refractivity (Wildman–Crippen MR) is 79.8 cm³/mol. The van der Waals surface area contributed by atoms with E-state index >= 15 is 0 Å². The van der Waals surface area contributed by atoms with Crippen LogP contribution in [0.4, 0.5) is 15.5 Å². The molecule has 0 aliphatic heterocycles. The fourth-order valence-electron chi connectivity index (χ4n) is 1.66. The van der Waals surface area contributed by atoms with Gasteiger partial charge in [-0.05, 0) is 36.1 Å². The fraction of sp³-hybridized carbons (Fsp3) is 0.0714. The van der Waals surface area contributed by atoms with E-state index in [0.29, 0.717) is 11.3 Å². The average Bonchev–Trinajstić information content (AvgIpc) is 2.89. The molecule has 3 N–H and O–H groups in total. The zero-order valence-electron chi connectivity index (χ0n) is 11.0. The molecule has 0 saturated carbocycles. The molecule has 0 unspecified atom stereocenters. The van der Waals surface area contributed by atoms with Crippen molar-refractivity contribution in [3.8, 4) is 6.07 Å². The summed E-state index contributed by atoms with van der Waals surface area (Å²) in [5.74, 6) is -1.10. The van der Waals surface area contributed by atoms with Crippen LogP contribution in [0.1, 0.15) is 21.5 Å². The Morgan fingerprint density at radius 3 is 2.71 bits per heavy atom. The van der Waals surface area contributed by atoms with Crippen LogP contribution >= 0.6 is 11.3 Å². The number of rotatable bonds is 3. The molecule has 21 heavy (non-hydrogen) atoms. The second kappa shape index (κ2) is 6.07. The van der Waals surface area contributed by atoms with Crippen LogP contribution in [-0.4, -0.2) is 17.1 Å². The number of amides is 2. The molecule has 0 aliphatic rings. The molecule has 0 spiro atoms. The Balaban J connectivity index is 2.14. The minimum absolute atomic E-state index is 0.0395. The Kier molecular flexibility index (Phi) is 4.21. The number of anilines is 2. The number of nitrogens with zero attached hydrogens (tertiary/aromatic N) is 1. The molecule has 2 aromatic rings. The van der Waals surface area contributed by atoms with Crippen molar-refractivity contribution in [1.82, 2.24) is 0 Å². The first-order valence-corrected chi connectivity index (χ1v) is 6.78. The Bertz CT molecular complexity index is 746. The molecule has 7 heteroatoms. The number of hydrogen-bond donors (Lipinski definition) is 3. The number of carbonyl (C=O) groups is 2. The molecule has 0 aliphatic carbocycles. The zero-order chi connectivity index (χ0) is 15.4. The molecular formula is C14H11N3O3S. The van der Waals surface area contributed by atoms with E-state index in [0.717, 1.165) is 16.9 Å². The van der Waals surface area contributed by atoms with Crippen LogP contribution in [0.25, 0.3) is 0 Å². The highest BCUT2D eigenvalue weighted by Crippen LogP contribution is 2.24. The average molecular weight is 301 g/mol. The van der Waals surface area contributed by atoms with E-state index < -0.39 is 12.0 Å². The highest BCUT2D eigenvalue weighted by Gasteiger charge is 2.14. The van der Waals surface area contributed by atoms with Gasteiger partial charge in [0.05, 0.1) is 17.2 Å². The molecule has 0 bridgehead atoms. The molecule has 2 amide bonds. The van der Waals surface area contributed by atoms with Crippen molar-refractivity contribution in [3.63, 3.8) is 0 Å². The first-order chi connectivity index (χ1) is 10.0. The standard InChI is InChI=1S/C14H11N3O3S/c1-8-2-3-9(7-15)6-11(8)16-14(20)17-12-10(13(18)19)4-5-21-12/h2-6H,1H3,(H,18,19)(H2,16,17,20). The number of benzene rings is 1. The number of urea groups is 1. The lowest BCUT2D eigenvalue weighted by Crippen LogP contribution is -2.20. The van der Waals surface area contributed by atoms with Crippen LogP contribution in [0, 0.1) is 18.3 Å². The van der Waals surface area contributed by atoms with Crippen LogP contribution < -0.4 is 10.6 Å². The van der Waals surface area contributed by atoms with E-state index in [1.54, 1.807) is 30.5 Å². The number of carbonyl (C=O) groups excluding carboxylic acids is 1. The lowest BCUT2D eigenvalue weighted by Gasteiger charge is -2.09. The van der Waals surface area contributed by atoms with E-state index in [1.807, 2.05) is 6.07 Å². The highest BCUT2D eigenvalue weighted by atomic mass is 32.1. The topological polar surface area (TPSA) is 102 Å². The number of aryl methyl sites for hydroxylation is 1. The van der Waals surface area contributed by atoms with Gasteiger partial charge in [0.2, 0.25) is 0 Å². The van der Waals surface area contributed by atoms with E-state index in [-0.39, 0.29) is 10.6 Å². The van der Waals surface area contributed by atoms with E-state index in [4.69, 9.17) is 10.4 Å². The molecule has 0 fully saturated rings. The summed E-state index contributed by atoms with van der Waals surface area (Å²) in [6, 6.07) is 7.79. The summed E-state index contributed by atoms with van der Waals surface area (Å²) in [6.07, 6.45) is 0. The van der Waals surface area contributed by atoms with Crippen molar-refractivity contribution in [3.05, 3.63) is 46.3 Å². The van der Waals surface area contributed by atoms with Gasteiger partial charge in [0, 0.05) is 5.69 Å². The summed E-state index contributed by atoms with van der Waals surface area (Å²) in [5, 5.41) is 24.8. The lowest BCUT2D eigenvalue weighted by atomic mass is 10.1. The van der Waals surface area contributed by atoms with Crippen LogP contribution in [0.3, 0.4) is 0 Å². The second-order valence-electron chi connectivity index (χ2n) is 4.19. The third-order valence-corrected chi connectivity index (χ3v) is 3.57. The van der Waals surface area contributed by atoms with Gasteiger partial charge in [-0.15, -0.1) is 11.3 Å². The number of thiophene rings is 1. The minimum atomic E-state index is -1.10. The van der Waals surface area contributed by atoms with Gasteiger partial charge in [-0.3, -0.25) is 5.32 Å². The molecule has 0 atom stereocenters. The smallest absolute Gasteiger partial charge is 0.338 e. The van der Waals surface area contributed by atoms with Gasteiger partial charge in [0.25, 0.3) is 0 Å². The highest BCUT2D eigenvalue weighted by molar-refractivity contribution is 7.14. The van der Waals surface area contributed by atoms with E-state index in [9.17, 15) is 9.59 Å². The van der Waals surface area contributed by atoms with Crippen molar-refractivity contribution in [1.29, 1.82) is 5.26 Å².